The Morgan fingerprint density at radius 2 is 1.85 bits per heavy atom. The zero-order chi connectivity index (χ0) is 23.4. The van der Waals surface area contributed by atoms with Crippen LogP contribution in [0.1, 0.15) is 43.2 Å². The summed E-state index contributed by atoms with van der Waals surface area (Å²) in [5, 5.41) is 11.2. The molecule has 0 fully saturated rings. The van der Waals surface area contributed by atoms with E-state index in [2.05, 4.69) is 6.08 Å². The van der Waals surface area contributed by atoms with Gasteiger partial charge in [0.05, 0.1) is 5.56 Å². The maximum absolute atomic E-state index is 13.0. The summed E-state index contributed by atoms with van der Waals surface area (Å²) in [6.07, 6.45) is 1.30. The van der Waals surface area contributed by atoms with Crippen LogP contribution >= 0.6 is 0 Å². The van der Waals surface area contributed by atoms with Gasteiger partial charge in [0.25, 0.3) is 0 Å². The first-order valence-electron chi connectivity index (χ1n) is 11.1. The molecule has 2 aromatic carbocycles. The second kappa shape index (κ2) is 7.80. The van der Waals surface area contributed by atoms with E-state index in [-0.39, 0.29) is 12.1 Å². The van der Waals surface area contributed by atoms with E-state index in [0.29, 0.717) is 23.3 Å². The number of likely N-dealkylation sites (N-methyl/N-ethyl adjacent to an activating group) is 1. The summed E-state index contributed by atoms with van der Waals surface area (Å²) in [6.45, 7) is 0. The van der Waals surface area contributed by atoms with Crippen LogP contribution in [0.5, 0.6) is 5.75 Å². The van der Waals surface area contributed by atoms with Crippen molar-refractivity contribution in [3.63, 3.8) is 0 Å². The van der Waals surface area contributed by atoms with E-state index < -0.39 is 23.5 Å². The number of aliphatic hydroxyl groups is 1. The number of aliphatic imine (C=N–C) groups is 1. The van der Waals surface area contributed by atoms with E-state index in [0.717, 1.165) is 43.4 Å². The second-order valence-electron chi connectivity index (χ2n) is 9.00. The number of alkyl halides is 3. The molecule has 0 aromatic heterocycles. The Hall–Kier alpha value is -3.00. The van der Waals surface area contributed by atoms with Crippen LogP contribution in [0.15, 0.2) is 59.1 Å². The van der Waals surface area contributed by atoms with Gasteiger partial charge in [0, 0.05) is 19.0 Å². The summed E-state index contributed by atoms with van der Waals surface area (Å²) < 4.78 is 45.3. The Kier molecular flexibility index (Phi) is 5.16. The van der Waals surface area contributed by atoms with Crippen LogP contribution in [-0.4, -0.2) is 35.3 Å². The van der Waals surface area contributed by atoms with Crippen LogP contribution in [0, 0.1) is 0 Å². The fourth-order valence-corrected chi connectivity index (χ4v) is 5.09. The van der Waals surface area contributed by atoms with E-state index in [4.69, 9.17) is 15.5 Å². The predicted molar refractivity (Wildman–Crippen MR) is 120 cm³/mol. The van der Waals surface area contributed by atoms with Crippen molar-refractivity contribution in [3.05, 3.63) is 65.2 Å². The van der Waals surface area contributed by atoms with E-state index >= 15 is 0 Å². The quantitative estimate of drug-likeness (QED) is 0.636. The lowest BCUT2D eigenvalue weighted by Gasteiger charge is -2.42. The number of hydrogen-bond acceptors (Lipinski definition) is 5. The smallest absolute Gasteiger partial charge is 0.416 e. The summed E-state index contributed by atoms with van der Waals surface area (Å²) in [6, 6.07) is 10.5. The van der Waals surface area contributed by atoms with E-state index in [1.165, 1.54) is 17.7 Å². The molecule has 0 saturated heterocycles. The second-order valence-corrected chi connectivity index (χ2v) is 9.00. The third-order valence-electron chi connectivity index (χ3n) is 6.97. The molecule has 0 saturated carbocycles. The first kappa shape index (κ1) is 21.8. The molecule has 5 nitrogen and oxygen atoms in total. The van der Waals surface area contributed by atoms with Crippen molar-refractivity contribution in [1.29, 1.82) is 0 Å². The number of ether oxygens (including phenoxy) is 1. The van der Waals surface area contributed by atoms with Crippen molar-refractivity contribution in [2.45, 2.75) is 56.2 Å². The molecule has 8 heteroatoms. The molecule has 33 heavy (non-hydrogen) atoms. The highest BCUT2D eigenvalue weighted by Gasteiger charge is 2.53. The summed E-state index contributed by atoms with van der Waals surface area (Å²) in [7, 11) is 1.70. The number of aliphatic hydroxyl groups excluding tert-OH is 1. The van der Waals surface area contributed by atoms with E-state index in [9.17, 15) is 18.3 Å². The Balaban J connectivity index is 1.58. The number of halogens is 3. The molecule has 2 aromatic rings. The minimum atomic E-state index is -4.39. The number of nitrogens with zero attached hydrogens (tertiary/aromatic N) is 2. The summed E-state index contributed by atoms with van der Waals surface area (Å²) in [5.74, 6) is 0.853. The van der Waals surface area contributed by atoms with Crippen molar-refractivity contribution in [1.82, 2.24) is 4.90 Å². The Morgan fingerprint density at radius 1 is 1.12 bits per heavy atom. The van der Waals surface area contributed by atoms with Gasteiger partial charge in [-0.25, -0.2) is 4.99 Å². The highest BCUT2D eigenvalue weighted by Crippen LogP contribution is 2.50. The summed E-state index contributed by atoms with van der Waals surface area (Å²) in [5.41, 5.74) is 7.66. The van der Waals surface area contributed by atoms with Gasteiger partial charge in [0.15, 0.2) is 12.2 Å². The molecule has 174 valence electrons. The maximum Gasteiger partial charge on any atom is 0.416 e. The van der Waals surface area contributed by atoms with Crippen molar-refractivity contribution in [3.8, 4) is 16.9 Å². The zero-order valence-electron chi connectivity index (χ0n) is 18.3. The van der Waals surface area contributed by atoms with E-state index in [1.54, 1.807) is 11.9 Å². The monoisotopic (exact) mass is 457 g/mol. The van der Waals surface area contributed by atoms with Gasteiger partial charge in [0.1, 0.15) is 17.4 Å². The molecule has 3 unspecified atom stereocenters. The lowest BCUT2D eigenvalue weighted by atomic mass is 9.77. The molecule has 2 aliphatic heterocycles. The summed E-state index contributed by atoms with van der Waals surface area (Å²) >= 11 is 0. The largest absolute Gasteiger partial charge is 0.486 e. The van der Waals surface area contributed by atoms with Crippen molar-refractivity contribution >= 4 is 5.96 Å². The molecule has 3 atom stereocenters. The number of guanidine groups is 1. The van der Waals surface area contributed by atoms with Gasteiger partial charge in [0.2, 0.25) is 0 Å². The fourth-order valence-electron chi connectivity index (χ4n) is 5.09. The van der Waals surface area contributed by atoms with E-state index in [1.807, 2.05) is 18.2 Å². The normalized spacial score (nSPS) is 27.1. The molecule has 3 N–H and O–H groups in total. The molecule has 0 radical (unpaired) electrons. The number of nitrogens with two attached hydrogens (primary N) is 1. The zero-order valence-corrected chi connectivity index (χ0v) is 18.3. The minimum absolute atomic E-state index is 0.215. The third kappa shape index (κ3) is 3.66. The maximum atomic E-state index is 13.0. The molecule has 1 spiro atoms. The number of hydrogen-bond donors (Lipinski definition) is 2. The van der Waals surface area contributed by atoms with Crippen LogP contribution in [0.3, 0.4) is 0 Å². The van der Waals surface area contributed by atoms with Gasteiger partial charge < -0.3 is 20.5 Å². The average molecular weight is 457 g/mol. The van der Waals surface area contributed by atoms with Gasteiger partial charge in [-0.3, -0.25) is 0 Å². The Bertz CT molecular complexity index is 1130. The Morgan fingerprint density at radius 3 is 2.45 bits per heavy atom. The van der Waals surface area contributed by atoms with Gasteiger partial charge in [-0.15, -0.1) is 0 Å². The molecule has 1 aliphatic carbocycles. The van der Waals surface area contributed by atoms with Gasteiger partial charge in [-0.1, -0.05) is 24.3 Å². The first-order valence-corrected chi connectivity index (χ1v) is 11.1. The molecule has 0 amide bonds. The fraction of sp³-hybridized carbons (Fsp3) is 0.400. The van der Waals surface area contributed by atoms with Crippen LogP contribution in [0.2, 0.25) is 0 Å². The third-order valence-corrected chi connectivity index (χ3v) is 6.97. The minimum Gasteiger partial charge on any atom is -0.486 e. The topological polar surface area (TPSA) is 71.1 Å². The van der Waals surface area contributed by atoms with Crippen molar-refractivity contribution < 1.29 is 23.0 Å². The summed E-state index contributed by atoms with van der Waals surface area (Å²) in [4.78, 5) is 6.27. The lowest BCUT2D eigenvalue weighted by molar-refractivity contribution is -0.137. The van der Waals surface area contributed by atoms with Crippen LogP contribution in [0.25, 0.3) is 11.1 Å². The van der Waals surface area contributed by atoms with Crippen LogP contribution in [-0.2, 0) is 11.7 Å². The van der Waals surface area contributed by atoms with Crippen LogP contribution in [0.4, 0.5) is 13.2 Å². The van der Waals surface area contributed by atoms with Crippen LogP contribution < -0.4 is 10.5 Å². The highest BCUT2D eigenvalue weighted by atomic mass is 19.4. The lowest BCUT2D eigenvalue weighted by Crippen LogP contribution is -2.49. The molecule has 0 bridgehead atoms. The van der Waals surface area contributed by atoms with Gasteiger partial charge >= 0.3 is 6.18 Å². The molecule has 2 heterocycles. The predicted octanol–water partition coefficient (Wildman–Crippen LogP) is 4.80. The molecular formula is C25H26F3N3O2. The van der Waals surface area contributed by atoms with Gasteiger partial charge in [-0.05, 0) is 66.6 Å². The number of fused-ring (bicyclic) bond motifs is 2. The Labute approximate surface area is 190 Å². The number of allylic oxidation sites excluding steroid dienone is 1. The molecule has 5 rings (SSSR count). The number of rotatable bonds is 2. The molecule has 3 aliphatic rings. The highest BCUT2D eigenvalue weighted by molar-refractivity contribution is 5.82. The van der Waals surface area contributed by atoms with Crippen molar-refractivity contribution in [2.24, 2.45) is 10.7 Å². The van der Waals surface area contributed by atoms with Crippen molar-refractivity contribution in [2.75, 3.05) is 7.05 Å². The first-order chi connectivity index (χ1) is 15.7. The van der Waals surface area contributed by atoms with Gasteiger partial charge in [-0.2, -0.15) is 13.2 Å². The average Bonchev–Trinajstić information content (AvgIpc) is 3.02. The SMILES string of the molecule is CN1C(N)=NC2(CC(C3=CCCCC3)Oc3ccc(-c4ccc(C(F)(F)F)cc4)cc32)C1O. The molecular weight excluding hydrogens is 431 g/mol. The standard InChI is InChI=1S/C25H26F3N3O2/c1-31-22(32)24(30-23(31)29)14-21(16-5-3-2-4-6-16)33-20-12-9-17(13-19(20)24)15-7-10-18(11-8-15)25(26,27)28/h5,7-13,21-22,32H,2-4,6,14H2,1H3,(H2,29,30). The number of benzene rings is 2.